The number of amides is 2. The number of nitrogen functional groups attached to an aromatic ring is 1. The fourth-order valence-electron chi connectivity index (χ4n) is 4.22. The van der Waals surface area contributed by atoms with Gasteiger partial charge in [0.2, 0.25) is 11.8 Å². The van der Waals surface area contributed by atoms with Crippen molar-refractivity contribution in [2.45, 2.75) is 51.2 Å². The molecule has 1 saturated heterocycles. The minimum atomic E-state index is -0.420. The Balaban J connectivity index is 1.62. The van der Waals surface area contributed by atoms with Crippen LogP contribution in [0.5, 0.6) is 0 Å². The lowest BCUT2D eigenvalue weighted by molar-refractivity contribution is -0.123. The summed E-state index contributed by atoms with van der Waals surface area (Å²) in [5.41, 5.74) is 8.75. The van der Waals surface area contributed by atoms with Crippen LogP contribution in [0.4, 0.5) is 11.4 Å². The molecule has 1 aliphatic heterocycles. The zero-order valence-electron chi connectivity index (χ0n) is 20.4. The lowest BCUT2D eigenvalue weighted by Gasteiger charge is -2.23. The monoisotopic (exact) mass is 463 g/mol. The first-order chi connectivity index (χ1) is 16.3. The van der Waals surface area contributed by atoms with Crippen molar-refractivity contribution < 1.29 is 9.59 Å². The Hall–Kier alpha value is -3.16. The van der Waals surface area contributed by atoms with Gasteiger partial charge in [0.1, 0.15) is 6.04 Å². The van der Waals surface area contributed by atoms with Crippen LogP contribution in [0.3, 0.4) is 0 Å². The maximum Gasteiger partial charge on any atom is 0.248 e. The van der Waals surface area contributed by atoms with Crippen LogP contribution in [0.25, 0.3) is 6.08 Å². The number of nitrogens with zero attached hydrogens (tertiary/aromatic N) is 1. The number of nitrogens with one attached hydrogen (secondary N) is 3. The predicted octanol–water partition coefficient (Wildman–Crippen LogP) is 3.56. The molecule has 34 heavy (non-hydrogen) atoms. The van der Waals surface area contributed by atoms with Gasteiger partial charge in [-0.05, 0) is 82.6 Å². The topological polar surface area (TPSA) is 99.5 Å². The van der Waals surface area contributed by atoms with E-state index in [-0.39, 0.29) is 17.9 Å². The fourth-order valence-corrected chi connectivity index (χ4v) is 4.22. The van der Waals surface area contributed by atoms with Crippen molar-refractivity contribution in [3.8, 4) is 0 Å². The molecule has 0 spiro atoms. The Morgan fingerprint density at radius 3 is 2.53 bits per heavy atom. The fraction of sp³-hybridized carbons (Fsp3) is 0.407. The first-order valence-corrected chi connectivity index (χ1v) is 12.0. The van der Waals surface area contributed by atoms with E-state index >= 15 is 0 Å². The van der Waals surface area contributed by atoms with Crippen molar-refractivity contribution in [3.63, 3.8) is 0 Å². The van der Waals surface area contributed by atoms with Gasteiger partial charge in [0.15, 0.2) is 0 Å². The summed E-state index contributed by atoms with van der Waals surface area (Å²) < 4.78 is 0. The van der Waals surface area contributed by atoms with Crippen LogP contribution in [0.15, 0.2) is 54.6 Å². The number of likely N-dealkylation sites (tertiary alicyclic amines) is 1. The standard InChI is InChI=1S/C27H37N5O2/c1-19(2)30-27(34)26(29-17-16-22-7-6-18-32(22)3)21-13-10-20(11-14-21)12-15-25(33)31-24-9-5-4-8-23(24)28/h4-5,8-15,19,22,26,29H,6-7,16-18,28H2,1-3H3,(H,30,34)(H,31,33)/b15-12+. The number of para-hydroxylation sites is 2. The second kappa shape index (κ2) is 12.3. The van der Waals surface area contributed by atoms with E-state index in [9.17, 15) is 9.59 Å². The zero-order valence-corrected chi connectivity index (χ0v) is 20.4. The number of carbonyl (C=O) groups is 2. The van der Waals surface area contributed by atoms with Gasteiger partial charge < -0.3 is 26.6 Å². The molecular formula is C27H37N5O2. The maximum absolute atomic E-state index is 12.9. The SMILES string of the molecule is CC(C)NC(=O)C(NCCC1CCCN1C)c1ccc(/C=C/C(=O)Nc2ccccc2N)cc1. The van der Waals surface area contributed by atoms with E-state index in [0.717, 1.165) is 30.6 Å². The van der Waals surface area contributed by atoms with E-state index in [1.54, 1.807) is 18.2 Å². The van der Waals surface area contributed by atoms with Gasteiger partial charge in [-0.25, -0.2) is 0 Å². The van der Waals surface area contributed by atoms with Crippen molar-refractivity contribution in [1.29, 1.82) is 0 Å². The highest BCUT2D eigenvalue weighted by Crippen LogP contribution is 2.20. The number of nitrogens with two attached hydrogens (primary N) is 1. The van der Waals surface area contributed by atoms with Gasteiger partial charge in [-0.3, -0.25) is 9.59 Å². The second-order valence-electron chi connectivity index (χ2n) is 9.19. The van der Waals surface area contributed by atoms with Crippen molar-refractivity contribution in [2.75, 3.05) is 31.2 Å². The number of rotatable bonds is 10. The quantitative estimate of drug-likeness (QED) is 0.319. The Labute approximate surface area is 202 Å². The molecule has 2 amide bonds. The third-order valence-corrected chi connectivity index (χ3v) is 6.11. The Bertz CT molecular complexity index is 987. The summed E-state index contributed by atoms with van der Waals surface area (Å²) in [5, 5.41) is 9.26. The summed E-state index contributed by atoms with van der Waals surface area (Å²) >= 11 is 0. The summed E-state index contributed by atoms with van der Waals surface area (Å²) in [6.45, 7) is 5.85. The second-order valence-corrected chi connectivity index (χ2v) is 9.19. The molecule has 0 aliphatic carbocycles. The minimum absolute atomic E-state index is 0.0297. The molecule has 182 valence electrons. The summed E-state index contributed by atoms with van der Waals surface area (Å²) in [4.78, 5) is 27.5. The van der Waals surface area contributed by atoms with Crippen LogP contribution >= 0.6 is 0 Å². The van der Waals surface area contributed by atoms with Gasteiger partial charge in [0, 0.05) is 18.2 Å². The third-order valence-electron chi connectivity index (χ3n) is 6.11. The third kappa shape index (κ3) is 7.43. The molecule has 0 radical (unpaired) electrons. The molecule has 2 atom stereocenters. The highest BCUT2D eigenvalue weighted by atomic mass is 16.2. The molecule has 7 heteroatoms. The summed E-state index contributed by atoms with van der Waals surface area (Å²) in [6, 6.07) is 15.1. The number of hydrogen-bond donors (Lipinski definition) is 4. The van der Waals surface area contributed by atoms with Crippen molar-refractivity contribution in [1.82, 2.24) is 15.5 Å². The van der Waals surface area contributed by atoms with E-state index in [2.05, 4.69) is 27.9 Å². The molecule has 2 aromatic rings. The molecule has 1 aliphatic rings. The first kappa shape index (κ1) is 25.5. The minimum Gasteiger partial charge on any atom is -0.397 e. The van der Waals surface area contributed by atoms with E-state index in [1.807, 2.05) is 50.2 Å². The highest BCUT2D eigenvalue weighted by Gasteiger charge is 2.23. The van der Waals surface area contributed by atoms with Gasteiger partial charge in [0.05, 0.1) is 11.4 Å². The number of anilines is 2. The molecule has 0 saturated carbocycles. The van der Waals surface area contributed by atoms with Gasteiger partial charge in [-0.2, -0.15) is 0 Å². The average molecular weight is 464 g/mol. The van der Waals surface area contributed by atoms with Crippen LogP contribution in [-0.2, 0) is 9.59 Å². The largest absolute Gasteiger partial charge is 0.397 e. The summed E-state index contributed by atoms with van der Waals surface area (Å²) in [6.07, 6.45) is 6.69. The van der Waals surface area contributed by atoms with Crippen molar-refractivity contribution in [3.05, 3.63) is 65.7 Å². The lowest BCUT2D eigenvalue weighted by atomic mass is 10.0. The van der Waals surface area contributed by atoms with Crippen LogP contribution in [0.1, 0.15) is 50.3 Å². The summed E-state index contributed by atoms with van der Waals surface area (Å²) in [5.74, 6) is -0.285. The first-order valence-electron chi connectivity index (χ1n) is 12.0. The van der Waals surface area contributed by atoms with E-state index in [1.165, 1.54) is 18.9 Å². The predicted molar refractivity (Wildman–Crippen MR) is 139 cm³/mol. The molecule has 2 aromatic carbocycles. The zero-order chi connectivity index (χ0) is 24.5. The van der Waals surface area contributed by atoms with Gasteiger partial charge in [0.25, 0.3) is 0 Å². The van der Waals surface area contributed by atoms with Crippen LogP contribution in [0, 0.1) is 0 Å². The highest BCUT2D eigenvalue weighted by molar-refractivity contribution is 6.03. The number of hydrogen-bond acceptors (Lipinski definition) is 5. The molecule has 1 fully saturated rings. The number of carbonyl (C=O) groups excluding carboxylic acids is 2. The molecule has 2 unspecified atom stereocenters. The molecule has 0 bridgehead atoms. The Morgan fingerprint density at radius 1 is 1.15 bits per heavy atom. The maximum atomic E-state index is 12.9. The molecular weight excluding hydrogens is 426 g/mol. The Kier molecular flexibility index (Phi) is 9.24. The van der Waals surface area contributed by atoms with Crippen LogP contribution in [-0.4, -0.2) is 48.9 Å². The van der Waals surface area contributed by atoms with Crippen molar-refractivity contribution in [2.24, 2.45) is 0 Å². The van der Waals surface area contributed by atoms with E-state index in [4.69, 9.17) is 5.73 Å². The molecule has 0 aromatic heterocycles. The van der Waals surface area contributed by atoms with E-state index < -0.39 is 6.04 Å². The van der Waals surface area contributed by atoms with Crippen LogP contribution in [0.2, 0.25) is 0 Å². The van der Waals surface area contributed by atoms with Crippen molar-refractivity contribution >= 4 is 29.3 Å². The van der Waals surface area contributed by atoms with Gasteiger partial charge in [-0.1, -0.05) is 36.4 Å². The number of benzene rings is 2. The molecule has 7 nitrogen and oxygen atoms in total. The summed E-state index contributed by atoms with van der Waals surface area (Å²) in [7, 11) is 2.17. The molecule has 3 rings (SSSR count). The van der Waals surface area contributed by atoms with Crippen LogP contribution < -0.4 is 21.7 Å². The molecule has 5 N–H and O–H groups in total. The average Bonchev–Trinajstić information content (AvgIpc) is 3.21. The smallest absolute Gasteiger partial charge is 0.248 e. The van der Waals surface area contributed by atoms with Gasteiger partial charge in [-0.15, -0.1) is 0 Å². The van der Waals surface area contributed by atoms with E-state index in [0.29, 0.717) is 17.4 Å². The molecule has 1 heterocycles. The Morgan fingerprint density at radius 2 is 1.88 bits per heavy atom. The lowest BCUT2D eigenvalue weighted by Crippen LogP contribution is -2.41. The van der Waals surface area contributed by atoms with Gasteiger partial charge >= 0.3 is 0 Å². The normalized spacial score (nSPS) is 17.2.